The summed E-state index contributed by atoms with van der Waals surface area (Å²) >= 11 is 1.32. The van der Waals surface area contributed by atoms with Crippen molar-refractivity contribution in [3.63, 3.8) is 0 Å². The molecule has 2 amide bonds. The van der Waals surface area contributed by atoms with Gasteiger partial charge in [-0.2, -0.15) is 0 Å². The summed E-state index contributed by atoms with van der Waals surface area (Å²) in [6, 6.07) is 20.3. The number of hydrogen-bond donors (Lipinski definition) is 2. The summed E-state index contributed by atoms with van der Waals surface area (Å²) in [4.78, 5) is 30.2. The minimum absolute atomic E-state index is 0.134. The summed E-state index contributed by atoms with van der Waals surface area (Å²) in [6.45, 7) is 0.336. The standard InChI is InChI=1S/C23H19N3O3S/c27-21(25-14-17-8-5-13-29-17)15-30-20-11-2-1-9-18(20)23(28)26-19-10-3-6-16-7-4-12-24-22(16)19/h1-13H,14-15H2,(H,25,27)(H,26,28). The zero-order valence-corrected chi connectivity index (χ0v) is 16.8. The number of thioether (sulfide) groups is 1. The molecule has 30 heavy (non-hydrogen) atoms. The molecule has 2 aromatic heterocycles. The summed E-state index contributed by atoms with van der Waals surface area (Å²) < 4.78 is 5.20. The highest BCUT2D eigenvalue weighted by Crippen LogP contribution is 2.25. The van der Waals surface area contributed by atoms with Crippen LogP contribution in [0.1, 0.15) is 16.1 Å². The Hall–Kier alpha value is -3.58. The van der Waals surface area contributed by atoms with E-state index in [1.165, 1.54) is 11.8 Å². The summed E-state index contributed by atoms with van der Waals surface area (Å²) in [7, 11) is 0. The van der Waals surface area contributed by atoms with Crippen LogP contribution in [0.3, 0.4) is 0 Å². The fraction of sp³-hybridized carbons (Fsp3) is 0.0870. The topological polar surface area (TPSA) is 84.2 Å². The lowest BCUT2D eigenvalue weighted by atomic mass is 10.1. The van der Waals surface area contributed by atoms with Crippen molar-refractivity contribution in [2.45, 2.75) is 11.4 Å². The number of carbonyl (C=O) groups is 2. The number of rotatable bonds is 7. The van der Waals surface area contributed by atoms with Crippen molar-refractivity contribution >= 4 is 40.2 Å². The van der Waals surface area contributed by atoms with Crippen LogP contribution in [0.2, 0.25) is 0 Å². The van der Waals surface area contributed by atoms with Crippen molar-refractivity contribution < 1.29 is 14.0 Å². The second kappa shape index (κ2) is 9.28. The molecule has 0 radical (unpaired) electrons. The number of fused-ring (bicyclic) bond motifs is 1. The normalized spacial score (nSPS) is 10.7. The molecule has 0 saturated heterocycles. The van der Waals surface area contributed by atoms with E-state index in [0.29, 0.717) is 23.6 Å². The van der Waals surface area contributed by atoms with Crippen LogP contribution in [0, 0.1) is 0 Å². The molecule has 0 aliphatic rings. The molecule has 0 fully saturated rings. The number of pyridine rings is 1. The first-order valence-electron chi connectivity index (χ1n) is 9.37. The number of para-hydroxylation sites is 1. The second-order valence-electron chi connectivity index (χ2n) is 6.48. The molecule has 0 saturated carbocycles. The molecule has 4 rings (SSSR count). The third-order valence-corrected chi connectivity index (χ3v) is 5.48. The lowest BCUT2D eigenvalue weighted by Gasteiger charge is -2.11. The van der Waals surface area contributed by atoms with Crippen molar-refractivity contribution in [2.24, 2.45) is 0 Å². The largest absolute Gasteiger partial charge is 0.467 e. The molecule has 0 bridgehead atoms. The van der Waals surface area contributed by atoms with Gasteiger partial charge >= 0.3 is 0 Å². The summed E-state index contributed by atoms with van der Waals surface area (Å²) in [5, 5.41) is 6.70. The Morgan fingerprint density at radius 2 is 1.83 bits per heavy atom. The molecule has 6 nitrogen and oxygen atoms in total. The Bertz CT molecular complexity index is 1170. The van der Waals surface area contributed by atoms with E-state index in [-0.39, 0.29) is 17.6 Å². The van der Waals surface area contributed by atoms with Gasteiger partial charge in [0.25, 0.3) is 5.91 Å². The van der Waals surface area contributed by atoms with Crippen molar-refractivity contribution in [1.82, 2.24) is 10.3 Å². The Morgan fingerprint density at radius 1 is 0.967 bits per heavy atom. The van der Waals surface area contributed by atoms with Crippen LogP contribution in [0.4, 0.5) is 5.69 Å². The molecule has 7 heteroatoms. The second-order valence-corrected chi connectivity index (χ2v) is 7.49. The fourth-order valence-electron chi connectivity index (χ4n) is 2.97. The van der Waals surface area contributed by atoms with Gasteiger partial charge < -0.3 is 15.1 Å². The van der Waals surface area contributed by atoms with Crippen LogP contribution in [-0.4, -0.2) is 22.6 Å². The average Bonchev–Trinajstić information content (AvgIpc) is 3.30. The van der Waals surface area contributed by atoms with Gasteiger partial charge in [-0.25, -0.2) is 0 Å². The van der Waals surface area contributed by atoms with Gasteiger partial charge in [-0.1, -0.05) is 30.3 Å². The number of carbonyl (C=O) groups excluding carboxylic acids is 2. The van der Waals surface area contributed by atoms with E-state index >= 15 is 0 Å². The number of amides is 2. The first kappa shape index (κ1) is 19.7. The van der Waals surface area contributed by atoms with Crippen LogP contribution in [-0.2, 0) is 11.3 Å². The molecule has 150 valence electrons. The number of nitrogens with zero attached hydrogens (tertiary/aromatic N) is 1. The highest BCUT2D eigenvalue weighted by atomic mass is 32.2. The number of benzene rings is 2. The van der Waals surface area contributed by atoms with Gasteiger partial charge in [0.15, 0.2) is 0 Å². The molecule has 2 heterocycles. The predicted molar refractivity (Wildman–Crippen MR) is 117 cm³/mol. The van der Waals surface area contributed by atoms with E-state index in [1.807, 2.05) is 42.5 Å². The molecule has 0 aliphatic carbocycles. The minimum atomic E-state index is -0.243. The van der Waals surface area contributed by atoms with Crippen molar-refractivity contribution in [3.05, 3.63) is 90.5 Å². The predicted octanol–water partition coefficient (Wildman–Crippen LogP) is 4.49. The maximum absolute atomic E-state index is 12.9. The molecule has 0 unspecified atom stereocenters. The van der Waals surface area contributed by atoms with Crippen LogP contribution in [0.5, 0.6) is 0 Å². The van der Waals surface area contributed by atoms with Gasteiger partial charge in [-0.15, -0.1) is 11.8 Å². The van der Waals surface area contributed by atoms with Crippen molar-refractivity contribution in [3.8, 4) is 0 Å². The first-order chi connectivity index (χ1) is 14.7. The van der Waals surface area contributed by atoms with E-state index in [2.05, 4.69) is 15.6 Å². The average molecular weight is 417 g/mol. The molecule has 0 atom stereocenters. The van der Waals surface area contributed by atoms with Gasteiger partial charge in [-0.05, 0) is 36.4 Å². The summed E-state index contributed by atoms with van der Waals surface area (Å²) in [5.74, 6) is 0.509. The van der Waals surface area contributed by atoms with E-state index in [9.17, 15) is 9.59 Å². The van der Waals surface area contributed by atoms with Crippen LogP contribution in [0.15, 0.2) is 88.5 Å². The van der Waals surface area contributed by atoms with E-state index in [4.69, 9.17) is 4.42 Å². The highest BCUT2D eigenvalue weighted by Gasteiger charge is 2.14. The lowest BCUT2D eigenvalue weighted by Crippen LogP contribution is -2.24. The third kappa shape index (κ3) is 4.69. The first-order valence-corrected chi connectivity index (χ1v) is 10.4. The van der Waals surface area contributed by atoms with Crippen LogP contribution < -0.4 is 10.6 Å². The Labute approximate surface area is 177 Å². The molecular weight excluding hydrogens is 398 g/mol. The summed E-state index contributed by atoms with van der Waals surface area (Å²) in [5.41, 5.74) is 1.89. The third-order valence-electron chi connectivity index (χ3n) is 4.41. The monoisotopic (exact) mass is 417 g/mol. The zero-order valence-electron chi connectivity index (χ0n) is 16.0. The van der Waals surface area contributed by atoms with Gasteiger partial charge in [0.1, 0.15) is 5.76 Å². The quantitative estimate of drug-likeness (QED) is 0.433. The number of furan rings is 1. The van der Waals surface area contributed by atoms with Gasteiger partial charge in [-0.3, -0.25) is 14.6 Å². The van der Waals surface area contributed by atoms with Crippen LogP contribution >= 0.6 is 11.8 Å². The smallest absolute Gasteiger partial charge is 0.256 e. The maximum atomic E-state index is 12.9. The lowest BCUT2D eigenvalue weighted by molar-refractivity contribution is -0.118. The molecule has 2 aromatic carbocycles. The fourth-order valence-corrected chi connectivity index (χ4v) is 3.85. The zero-order chi connectivity index (χ0) is 20.8. The van der Waals surface area contributed by atoms with E-state index in [0.717, 1.165) is 15.8 Å². The molecular formula is C23H19N3O3S. The Morgan fingerprint density at radius 3 is 2.70 bits per heavy atom. The van der Waals surface area contributed by atoms with E-state index in [1.54, 1.807) is 36.7 Å². The number of anilines is 1. The van der Waals surface area contributed by atoms with Crippen molar-refractivity contribution in [1.29, 1.82) is 0 Å². The molecule has 2 N–H and O–H groups in total. The van der Waals surface area contributed by atoms with Gasteiger partial charge in [0.05, 0.1) is 35.3 Å². The van der Waals surface area contributed by atoms with Crippen molar-refractivity contribution in [2.75, 3.05) is 11.1 Å². The molecule has 0 aliphatic heterocycles. The summed E-state index contributed by atoms with van der Waals surface area (Å²) in [6.07, 6.45) is 3.26. The van der Waals surface area contributed by atoms with Gasteiger partial charge in [0, 0.05) is 16.5 Å². The number of nitrogens with one attached hydrogen (secondary N) is 2. The highest BCUT2D eigenvalue weighted by molar-refractivity contribution is 8.00. The van der Waals surface area contributed by atoms with Crippen LogP contribution in [0.25, 0.3) is 10.9 Å². The Kier molecular flexibility index (Phi) is 6.10. The Balaban J connectivity index is 1.43. The molecule has 4 aromatic rings. The number of aromatic nitrogens is 1. The number of hydrogen-bond acceptors (Lipinski definition) is 5. The molecule has 0 spiro atoms. The minimum Gasteiger partial charge on any atom is -0.467 e. The maximum Gasteiger partial charge on any atom is 0.256 e. The SMILES string of the molecule is O=C(CSc1ccccc1C(=O)Nc1cccc2cccnc12)NCc1ccco1. The van der Waals surface area contributed by atoms with Gasteiger partial charge in [0.2, 0.25) is 5.91 Å². The van der Waals surface area contributed by atoms with E-state index < -0.39 is 0 Å².